The van der Waals surface area contributed by atoms with Crippen LogP contribution in [0.4, 0.5) is 0 Å². The van der Waals surface area contributed by atoms with Gasteiger partial charge in [-0.1, -0.05) is 40.2 Å². The number of benzene rings is 1. The van der Waals surface area contributed by atoms with Gasteiger partial charge in [0.15, 0.2) is 6.20 Å². The molecule has 1 aromatic carbocycles. The van der Waals surface area contributed by atoms with Crippen molar-refractivity contribution in [2.45, 2.75) is 64.7 Å². The Kier molecular flexibility index (Phi) is 3.86. The molecule has 1 aliphatic rings. The van der Waals surface area contributed by atoms with E-state index >= 15 is 0 Å². The summed E-state index contributed by atoms with van der Waals surface area (Å²) < 4.78 is 2.23. The van der Waals surface area contributed by atoms with Gasteiger partial charge in [0.1, 0.15) is 7.05 Å². The van der Waals surface area contributed by atoms with Crippen molar-refractivity contribution in [3.8, 4) is 11.3 Å². The molecule has 0 saturated heterocycles. The molecule has 0 amide bonds. The van der Waals surface area contributed by atoms with Crippen LogP contribution in [0.5, 0.6) is 0 Å². The Labute approximate surface area is 141 Å². The largest absolute Gasteiger partial charge is 0.212 e. The fourth-order valence-electron chi connectivity index (χ4n) is 4.15. The highest BCUT2D eigenvalue weighted by Crippen LogP contribution is 2.45. The van der Waals surface area contributed by atoms with E-state index < -0.39 is 0 Å². The zero-order valence-corrected chi connectivity index (χ0v) is 15.5. The van der Waals surface area contributed by atoms with Crippen LogP contribution in [0.3, 0.4) is 0 Å². The van der Waals surface area contributed by atoms with Crippen LogP contribution >= 0.6 is 0 Å². The minimum Gasteiger partial charge on any atom is -0.201 e. The SMILES string of the molecule is Cc1cc2c(cc1-c1cccc[n+]1C)C(C)(C)CCCC2(C)C. The van der Waals surface area contributed by atoms with Crippen molar-refractivity contribution < 1.29 is 4.57 Å². The number of hydrogen-bond donors (Lipinski definition) is 0. The molecular formula is C22H30N+. The lowest BCUT2D eigenvalue weighted by atomic mass is 9.73. The Bertz CT molecular complexity index is 738. The predicted octanol–water partition coefficient (Wildman–Crippen LogP) is 5.23. The molecule has 0 radical (unpaired) electrons. The first-order valence-corrected chi connectivity index (χ1v) is 8.83. The van der Waals surface area contributed by atoms with E-state index in [9.17, 15) is 0 Å². The summed E-state index contributed by atoms with van der Waals surface area (Å²) in [6.45, 7) is 11.9. The fourth-order valence-corrected chi connectivity index (χ4v) is 4.15. The topological polar surface area (TPSA) is 3.88 Å². The number of fused-ring (bicyclic) bond motifs is 1. The van der Waals surface area contributed by atoms with Crippen LogP contribution in [0.15, 0.2) is 36.5 Å². The van der Waals surface area contributed by atoms with E-state index in [0.717, 1.165) is 0 Å². The van der Waals surface area contributed by atoms with Crippen LogP contribution in [0.1, 0.15) is 63.6 Å². The highest BCUT2D eigenvalue weighted by molar-refractivity contribution is 5.65. The molecule has 0 aliphatic heterocycles. The average molecular weight is 308 g/mol. The van der Waals surface area contributed by atoms with E-state index in [1.54, 1.807) is 11.1 Å². The second kappa shape index (κ2) is 5.47. The van der Waals surface area contributed by atoms with E-state index in [-0.39, 0.29) is 10.8 Å². The van der Waals surface area contributed by atoms with Gasteiger partial charge in [-0.3, -0.25) is 0 Å². The quantitative estimate of drug-likeness (QED) is 0.502. The normalized spacial score (nSPS) is 19.0. The van der Waals surface area contributed by atoms with Gasteiger partial charge >= 0.3 is 0 Å². The highest BCUT2D eigenvalue weighted by atomic mass is 14.9. The Morgan fingerprint density at radius 1 is 0.913 bits per heavy atom. The summed E-state index contributed by atoms with van der Waals surface area (Å²) in [6, 6.07) is 11.4. The molecule has 1 heteroatoms. The average Bonchev–Trinajstić information content (AvgIpc) is 2.54. The molecule has 23 heavy (non-hydrogen) atoms. The van der Waals surface area contributed by atoms with Gasteiger partial charge in [-0.05, 0) is 59.4 Å². The smallest absolute Gasteiger partial charge is 0.201 e. The van der Waals surface area contributed by atoms with Crippen LogP contribution < -0.4 is 4.57 Å². The third kappa shape index (κ3) is 2.82. The Hall–Kier alpha value is -1.63. The van der Waals surface area contributed by atoms with Crippen molar-refractivity contribution >= 4 is 0 Å². The van der Waals surface area contributed by atoms with Gasteiger partial charge in [0, 0.05) is 17.7 Å². The molecule has 0 fully saturated rings. The Morgan fingerprint density at radius 2 is 1.52 bits per heavy atom. The molecule has 1 nitrogen and oxygen atoms in total. The summed E-state index contributed by atoms with van der Waals surface area (Å²) in [5.41, 5.74) is 7.67. The molecule has 0 unspecified atom stereocenters. The molecule has 122 valence electrons. The first kappa shape index (κ1) is 16.2. The Morgan fingerprint density at radius 3 is 2.13 bits per heavy atom. The van der Waals surface area contributed by atoms with E-state index in [0.29, 0.717) is 0 Å². The van der Waals surface area contributed by atoms with Crippen molar-refractivity contribution in [1.82, 2.24) is 0 Å². The number of hydrogen-bond acceptors (Lipinski definition) is 0. The predicted molar refractivity (Wildman–Crippen MR) is 97.7 cm³/mol. The highest BCUT2D eigenvalue weighted by Gasteiger charge is 2.35. The lowest BCUT2D eigenvalue weighted by Gasteiger charge is -2.31. The van der Waals surface area contributed by atoms with Gasteiger partial charge in [0.05, 0.1) is 0 Å². The van der Waals surface area contributed by atoms with E-state index in [1.807, 2.05) is 0 Å². The number of aryl methyl sites for hydroxylation is 2. The summed E-state index contributed by atoms with van der Waals surface area (Å²) in [4.78, 5) is 0. The third-order valence-electron chi connectivity index (χ3n) is 5.76. The third-order valence-corrected chi connectivity index (χ3v) is 5.76. The zero-order chi connectivity index (χ0) is 16.8. The summed E-state index contributed by atoms with van der Waals surface area (Å²) in [7, 11) is 2.13. The van der Waals surface area contributed by atoms with Crippen molar-refractivity contribution in [2.24, 2.45) is 7.05 Å². The van der Waals surface area contributed by atoms with Crippen molar-refractivity contribution in [1.29, 1.82) is 0 Å². The molecule has 1 heterocycles. The van der Waals surface area contributed by atoms with Crippen LogP contribution in [-0.4, -0.2) is 0 Å². The van der Waals surface area contributed by atoms with Crippen LogP contribution in [0.2, 0.25) is 0 Å². The molecule has 1 aliphatic carbocycles. The van der Waals surface area contributed by atoms with Crippen LogP contribution in [0, 0.1) is 6.92 Å². The maximum absolute atomic E-state index is 2.48. The summed E-state index contributed by atoms with van der Waals surface area (Å²) >= 11 is 0. The summed E-state index contributed by atoms with van der Waals surface area (Å²) in [5, 5.41) is 0. The van der Waals surface area contributed by atoms with Crippen molar-refractivity contribution in [3.63, 3.8) is 0 Å². The second-order valence-electron chi connectivity index (χ2n) is 8.53. The van der Waals surface area contributed by atoms with Gasteiger partial charge < -0.3 is 0 Å². The van der Waals surface area contributed by atoms with Crippen LogP contribution in [0.25, 0.3) is 11.3 Å². The molecule has 0 N–H and O–H groups in total. The number of rotatable bonds is 1. The summed E-state index contributed by atoms with van der Waals surface area (Å²) in [5.74, 6) is 0. The maximum atomic E-state index is 2.48. The number of pyridine rings is 1. The van der Waals surface area contributed by atoms with Gasteiger partial charge in [0.2, 0.25) is 5.69 Å². The minimum atomic E-state index is 0.249. The lowest BCUT2D eigenvalue weighted by Crippen LogP contribution is -2.30. The molecular weight excluding hydrogens is 278 g/mol. The van der Waals surface area contributed by atoms with E-state index in [4.69, 9.17) is 0 Å². The Balaban J connectivity index is 2.28. The van der Waals surface area contributed by atoms with Crippen molar-refractivity contribution in [2.75, 3.05) is 0 Å². The minimum absolute atomic E-state index is 0.249. The van der Waals surface area contributed by atoms with Gasteiger partial charge in [-0.2, -0.15) is 0 Å². The van der Waals surface area contributed by atoms with Gasteiger partial charge in [0.25, 0.3) is 0 Å². The van der Waals surface area contributed by atoms with Crippen molar-refractivity contribution in [3.05, 3.63) is 53.2 Å². The van der Waals surface area contributed by atoms with E-state index in [1.165, 1.54) is 36.1 Å². The number of aromatic nitrogens is 1. The molecule has 3 rings (SSSR count). The van der Waals surface area contributed by atoms with E-state index in [2.05, 4.69) is 82.8 Å². The molecule has 0 atom stereocenters. The molecule has 0 bridgehead atoms. The monoisotopic (exact) mass is 308 g/mol. The maximum Gasteiger partial charge on any atom is 0.212 e. The van der Waals surface area contributed by atoms with Gasteiger partial charge in [-0.15, -0.1) is 0 Å². The first-order chi connectivity index (χ1) is 10.7. The van der Waals surface area contributed by atoms with Gasteiger partial charge in [-0.25, -0.2) is 4.57 Å². The standard InChI is InChI=1S/C22H30N/c1-16-14-18-19(22(4,5)12-9-11-21(18,2)3)15-17(16)20-10-7-8-13-23(20)6/h7-8,10,13-15H,9,11-12H2,1-6H3/q+1. The van der Waals surface area contributed by atoms with Crippen LogP contribution in [-0.2, 0) is 17.9 Å². The molecule has 0 spiro atoms. The lowest BCUT2D eigenvalue weighted by molar-refractivity contribution is -0.660. The summed E-state index contributed by atoms with van der Waals surface area (Å²) in [6.07, 6.45) is 5.99. The first-order valence-electron chi connectivity index (χ1n) is 8.83. The molecule has 1 aromatic heterocycles. The molecule has 0 saturated carbocycles. The second-order valence-corrected chi connectivity index (χ2v) is 8.53. The zero-order valence-electron chi connectivity index (χ0n) is 15.5. The fraction of sp³-hybridized carbons (Fsp3) is 0.500. The number of nitrogens with zero attached hydrogens (tertiary/aromatic N) is 1. The molecule has 2 aromatic rings.